The van der Waals surface area contributed by atoms with E-state index in [1.54, 1.807) is 0 Å². The van der Waals surface area contributed by atoms with Crippen LogP contribution in [0, 0.1) is 18.3 Å². The first-order chi connectivity index (χ1) is 12.2. The maximum Gasteiger partial charge on any atom is 0.136 e. The maximum atomic E-state index is 9.50. The van der Waals surface area contributed by atoms with Gasteiger partial charge in [0.25, 0.3) is 0 Å². The normalized spacial score (nSPS) is 14.8. The van der Waals surface area contributed by atoms with Gasteiger partial charge >= 0.3 is 0 Å². The van der Waals surface area contributed by atoms with Gasteiger partial charge in [-0.05, 0) is 75.3 Å². The number of nitrogens with zero attached hydrogens (tertiary/aromatic N) is 3. The summed E-state index contributed by atoms with van der Waals surface area (Å²) >= 11 is 13.1. The van der Waals surface area contributed by atoms with E-state index in [-0.39, 0.29) is 0 Å². The average Bonchev–Trinajstić information content (AvgIpc) is 2.90. The van der Waals surface area contributed by atoms with Crippen molar-refractivity contribution in [3.8, 4) is 11.8 Å². The fourth-order valence-corrected chi connectivity index (χ4v) is 4.54. The quantitative estimate of drug-likeness (QED) is 0.468. The second-order valence-electron chi connectivity index (χ2n) is 7.32. The van der Waals surface area contributed by atoms with Crippen molar-refractivity contribution in [1.29, 1.82) is 5.26 Å². The topological polar surface area (TPSA) is 41.6 Å². The predicted octanol–water partition coefficient (Wildman–Crippen LogP) is 5.94. The molecule has 0 saturated heterocycles. The zero-order valence-corrected chi connectivity index (χ0v) is 17.7. The number of hydrogen-bond donors (Lipinski definition) is 0. The van der Waals surface area contributed by atoms with Gasteiger partial charge < -0.3 is 0 Å². The number of halogens is 2. The van der Waals surface area contributed by atoms with E-state index >= 15 is 0 Å². The Morgan fingerprint density at radius 3 is 2.62 bits per heavy atom. The van der Waals surface area contributed by atoms with Crippen molar-refractivity contribution in [3.05, 3.63) is 50.0 Å². The highest BCUT2D eigenvalue weighted by Gasteiger charge is 2.21. The summed E-state index contributed by atoms with van der Waals surface area (Å²) in [6.45, 7) is 4.35. The molecular weight excluding hydrogens is 384 g/mol. The van der Waals surface area contributed by atoms with Gasteiger partial charge in [-0.15, -0.1) is 0 Å². The van der Waals surface area contributed by atoms with Crippen molar-refractivity contribution in [3.63, 3.8) is 0 Å². The standard InChI is InChI=1S/C20H22Cl2N3P/c1-13-9-17(21)14(10-15(12-23)26(2,3)4)11-19(13)25-20(22)16-7-5-6-8-18(16)24-25/h9-11H,2,5-8H2,1,3-4H3/b15-10+. The van der Waals surface area contributed by atoms with Crippen molar-refractivity contribution in [1.82, 2.24) is 9.78 Å². The number of benzene rings is 1. The molecule has 0 aliphatic heterocycles. The second kappa shape index (κ2) is 7.28. The first kappa shape index (κ1) is 19.3. The molecule has 0 saturated carbocycles. The summed E-state index contributed by atoms with van der Waals surface area (Å²) in [6, 6.07) is 6.16. The van der Waals surface area contributed by atoms with Crippen LogP contribution >= 0.6 is 30.1 Å². The van der Waals surface area contributed by atoms with Crippen molar-refractivity contribution in [2.75, 3.05) is 13.3 Å². The lowest BCUT2D eigenvalue weighted by atomic mass is 9.98. The highest BCUT2D eigenvalue weighted by molar-refractivity contribution is 7.76. The number of allylic oxidation sites excluding steroid dienone is 1. The molecule has 1 aliphatic rings. The number of aromatic nitrogens is 2. The Kier molecular flexibility index (Phi) is 5.40. The third-order valence-electron chi connectivity index (χ3n) is 4.70. The third-order valence-corrected chi connectivity index (χ3v) is 6.95. The fourth-order valence-electron chi connectivity index (χ4n) is 3.18. The molecule has 0 bridgehead atoms. The molecule has 0 radical (unpaired) electrons. The molecule has 1 aromatic carbocycles. The van der Waals surface area contributed by atoms with E-state index in [0.29, 0.717) is 15.5 Å². The summed E-state index contributed by atoms with van der Waals surface area (Å²) in [5.41, 5.74) is 4.95. The minimum Gasteiger partial charge on any atom is -0.221 e. The lowest BCUT2D eigenvalue weighted by Crippen LogP contribution is -2.01. The van der Waals surface area contributed by atoms with Crippen LogP contribution in [0.25, 0.3) is 11.8 Å². The van der Waals surface area contributed by atoms with E-state index in [9.17, 15) is 5.26 Å². The molecule has 0 fully saturated rings. The smallest absolute Gasteiger partial charge is 0.136 e. The van der Waals surface area contributed by atoms with Crippen LogP contribution in [0.1, 0.15) is 35.2 Å². The summed E-state index contributed by atoms with van der Waals surface area (Å²) < 4.78 is 1.82. The molecule has 136 valence electrons. The number of hydrogen-bond acceptors (Lipinski definition) is 2. The highest BCUT2D eigenvalue weighted by atomic mass is 35.5. The van der Waals surface area contributed by atoms with E-state index in [1.807, 2.05) is 43.1 Å². The van der Waals surface area contributed by atoms with E-state index in [4.69, 9.17) is 28.3 Å². The van der Waals surface area contributed by atoms with E-state index in [1.165, 1.54) is 0 Å². The number of aryl methyl sites for hydroxylation is 2. The summed E-state index contributed by atoms with van der Waals surface area (Å²) in [7, 11) is 0. The first-order valence-corrected chi connectivity index (χ1v) is 12.2. The molecule has 3 nitrogen and oxygen atoms in total. The highest BCUT2D eigenvalue weighted by Crippen LogP contribution is 2.46. The van der Waals surface area contributed by atoms with Gasteiger partial charge in [0.1, 0.15) is 5.15 Å². The largest absolute Gasteiger partial charge is 0.221 e. The second-order valence-corrected chi connectivity index (χ2v) is 11.9. The van der Waals surface area contributed by atoms with Crippen molar-refractivity contribution >= 4 is 42.5 Å². The fraction of sp³-hybridized carbons (Fsp3) is 0.350. The molecular formula is C20H22Cl2N3P. The predicted molar refractivity (Wildman–Crippen MR) is 114 cm³/mol. The minimum absolute atomic E-state index is 0.612. The van der Waals surface area contributed by atoms with Gasteiger partial charge in [-0.25, -0.2) is 4.68 Å². The molecule has 26 heavy (non-hydrogen) atoms. The summed E-state index contributed by atoms with van der Waals surface area (Å²) in [5.74, 6) is 0. The molecule has 6 heteroatoms. The molecule has 3 rings (SSSR count). The Labute approximate surface area is 165 Å². The lowest BCUT2D eigenvalue weighted by molar-refractivity contribution is 0.671. The van der Waals surface area contributed by atoms with E-state index in [2.05, 4.69) is 12.4 Å². The summed E-state index contributed by atoms with van der Waals surface area (Å²) in [4.78, 5) is 0. The number of fused-ring (bicyclic) bond motifs is 1. The number of rotatable bonds is 3. The zero-order valence-electron chi connectivity index (χ0n) is 15.3. The molecule has 1 aromatic heterocycles. The molecule has 0 amide bonds. The molecule has 1 heterocycles. The lowest BCUT2D eigenvalue weighted by Gasteiger charge is -2.14. The van der Waals surface area contributed by atoms with Crippen LogP contribution in [0.15, 0.2) is 17.4 Å². The molecule has 2 aromatic rings. The third kappa shape index (κ3) is 3.65. The summed E-state index contributed by atoms with van der Waals surface area (Å²) in [5, 5.41) is 16.2. The van der Waals surface area contributed by atoms with Crippen LogP contribution in [-0.4, -0.2) is 29.4 Å². The Balaban J connectivity index is 2.16. The van der Waals surface area contributed by atoms with E-state index in [0.717, 1.165) is 53.8 Å². The SMILES string of the molecule is C=P(C)(C)/C(C#N)=C/c1cc(-n2nc3c(c2Cl)CCCC3)c(C)cc1Cl. The van der Waals surface area contributed by atoms with Crippen LogP contribution < -0.4 is 0 Å². The molecule has 0 atom stereocenters. The molecule has 1 aliphatic carbocycles. The van der Waals surface area contributed by atoms with E-state index < -0.39 is 6.89 Å². The Bertz CT molecular complexity index is 989. The van der Waals surface area contributed by atoms with Crippen LogP contribution in [0.2, 0.25) is 10.2 Å². The van der Waals surface area contributed by atoms with Gasteiger partial charge in [0.05, 0.1) is 22.8 Å². The molecule has 0 unspecified atom stereocenters. The number of nitriles is 1. The Morgan fingerprint density at radius 2 is 2.00 bits per heavy atom. The first-order valence-electron chi connectivity index (χ1n) is 8.60. The monoisotopic (exact) mass is 405 g/mol. The van der Waals surface area contributed by atoms with Crippen LogP contribution in [0.3, 0.4) is 0 Å². The van der Waals surface area contributed by atoms with Crippen molar-refractivity contribution in [2.24, 2.45) is 0 Å². The van der Waals surface area contributed by atoms with Gasteiger partial charge in [-0.2, -0.15) is 10.4 Å². The van der Waals surface area contributed by atoms with Crippen LogP contribution in [0.5, 0.6) is 0 Å². The minimum atomic E-state index is -1.68. The Morgan fingerprint density at radius 1 is 1.31 bits per heavy atom. The van der Waals surface area contributed by atoms with Crippen LogP contribution in [0.4, 0.5) is 0 Å². The van der Waals surface area contributed by atoms with Crippen molar-refractivity contribution in [2.45, 2.75) is 32.6 Å². The average molecular weight is 406 g/mol. The van der Waals surface area contributed by atoms with Gasteiger partial charge in [0, 0.05) is 10.6 Å². The van der Waals surface area contributed by atoms with Gasteiger partial charge in [0.2, 0.25) is 0 Å². The Hall–Kier alpha value is -1.46. The van der Waals surface area contributed by atoms with Crippen molar-refractivity contribution < 1.29 is 0 Å². The van der Waals surface area contributed by atoms with Gasteiger partial charge in [-0.3, -0.25) is 0 Å². The summed E-state index contributed by atoms with van der Waals surface area (Å²) in [6.07, 6.45) is 10.3. The molecule has 0 spiro atoms. The van der Waals surface area contributed by atoms with Gasteiger partial charge in [0.15, 0.2) is 0 Å². The van der Waals surface area contributed by atoms with Crippen LogP contribution in [-0.2, 0) is 12.8 Å². The zero-order chi connectivity index (χ0) is 19.1. The maximum absolute atomic E-state index is 9.50. The molecule has 0 N–H and O–H groups in total. The van der Waals surface area contributed by atoms with Gasteiger partial charge in [-0.1, -0.05) is 36.4 Å².